The number of anilines is 3. The van der Waals surface area contributed by atoms with Crippen LogP contribution in [0.4, 0.5) is 17.1 Å². The Bertz CT molecular complexity index is 3240. The van der Waals surface area contributed by atoms with Gasteiger partial charge in [-0.2, -0.15) is 4.31 Å². The van der Waals surface area contributed by atoms with Crippen molar-refractivity contribution in [1.82, 2.24) is 19.0 Å². The van der Waals surface area contributed by atoms with Crippen molar-refractivity contribution in [3.05, 3.63) is 106 Å². The number of carboxylic acid groups (broad SMARTS) is 2. The maximum Gasteiger partial charge on any atom is 0.349 e. The molecule has 3 fully saturated rings. The van der Waals surface area contributed by atoms with Crippen LogP contribution in [0, 0.1) is 0 Å². The molecule has 358 valence electrons. The summed E-state index contributed by atoms with van der Waals surface area (Å²) >= 11 is 7.43. The lowest BCUT2D eigenvalue weighted by atomic mass is 9.85. The van der Waals surface area contributed by atoms with E-state index in [1.165, 1.54) is 5.56 Å². The first-order valence-corrected chi connectivity index (χ1v) is 25.5. The Morgan fingerprint density at radius 2 is 1.77 bits per heavy atom. The Balaban J connectivity index is 0.778. The molecule has 20 heteroatoms. The number of carboxylic acids is 2. The molecule has 4 N–H and O–H groups in total. The SMILES string of the molecule is CC1(C)CC(Nc2cccc(-c3sc(C(=O)O)c(OCC(=O)O)c3Cl)c2)CCN1S(=O)(=O)Cc1cc2cc(N3CCC(c4ccc5c6c(cccc46)C(=O)N5C4CCC(=O)NC4=O)CC3)cn2cn1. The van der Waals surface area contributed by atoms with Crippen LogP contribution < -0.4 is 25.2 Å². The fourth-order valence-electron chi connectivity index (χ4n) is 10.6. The van der Waals surface area contributed by atoms with Gasteiger partial charge in [-0.05, 0) is 105 Å². The summed E-state index contributed by atoms with van der Waals surface area (Å²) in [5, 5.41) is 26.6. The van der Waals surface area contributed by atoms with Gasteiger partial charge in [0, 0.05) is 60.5 Å². The van der Waals surface area contributed by atoms with Gasteiger partial charge in [-0.1, -0.05) is 41.9 Å². The van der Waals surface area contributed by atoms with Gasteiger partial charge in [0.25, 0.3) is 5.91 Å². The molecular formula is C49H48ClN7O10S2. The summed E-state index contributed by atoms with van der Waals surface area (Å²) in [6.45, 7) is 4.93. The topological polar surface area (TPSA) is 220 Å². The molecule has 10 rings (SSSR count). The van der Waals surface area contributed by atoms with Crippen molar-refractivity contribution < 1.29 is 47.3 Å². The number of halogens is 1. The van der Waals surface area contributed by atoms with Crippen LogP contribution in [0.25, 0.3) is 26.7 Å². The number of thiophene rings is 1. The molecule has 2 atom stereocenters. The van der Waals surface area contributed by atoms with Gasteiger partial charge >= 0.3 is 11.9 Å². The number of hydrogen-bond donors (Lipinski definition) is 4. The van der Waals surface area contributed by atoms with Gasteiger partial charge in [-0.25, -0.2) is 23.0 Å². The van der Waals surface area contributed by atoms with E-state index in [0.29, 0.717) is 40.2 Å². The Labute approximate surface area is 405 Å². The van der Waals surface area contributed by atoms with Gasteiger partial charge in [0.1, 0.15) is 16.8 Å². The minimum atomic E-state index is -3.79. The average molecular weight is 995 g/mol. The second-order valence-electron chi connectivity index (χ2n) is 18.7. The number of amides is 3. The predicted octanol–water partition coefficient (Wildman–Crippen LogP) is 7.37. The molecule has 4 aliphatic rings. The van der Waals surface area contributed by atoms with Crippen molar-refractivity contribution >= 4 is 96.0 Å². The summed E-state index contributed by atoms with van der Waals surface area (Å²) in [5.41, 5.74) is 5.33. The Hall–Kier alpha value is -6.54. The number of ether oxygens (including phenoxy) is 1. The van der Waals surface area contributed by atoms with E-state index in [4.69, 9.17) is 21.4 Å². The molecule has 0 saturated carbocycles. The first kappa shape index (κ1) is 46.2. The first-order chi connectivity index (χ1) is 33.0. The fourth-order valence-corrected chi connectivity index (χ4v) is 13.9. The zero-order chi connectivity index (χ0) is 48.5. The average Bonchev–Trinajstić information content (AvgIpc) is 3.97. The zero-order valence-corrected chi connectivity index (χ0v) is 40.0. The van der Waals surface area contributed by atoms with Gasteiger partial charge in [-0.15, -0.1) is 11.3 Å². The van der Waals surface area contributed by atoms with Crippen LogP contribution in [0.2, 0.25) is 5.02 Å². The van der Waals surface area contributed by atoms with E-state index >= 15 is 0 Å². The smallest absolute Gasteiger partial charge is 0.349 e. The highest BCUT2D eigenvalue weighted by molar-refractivity contribution is 7.88. The summed E-state index contributed by atoms with van der Waals surface area (Å²) in [7, 11) is -3.79. The number of nitrogens with one attached hydrogen (secondary N) is 2. The van der Waals surface area contributed by atoms with Crippen molar-refractivity contribution in [2.24, 2.45) is 0 Å². The van der Waals surface area contributed by atoms with E-state index in [0.717, 1.165) is 64.9 Å². The zero-order valence-electron chi connectivity index (χ0n) is 37.6. The van der Waals surface area contributed by atoms with Crippen molar-refractivity contribution in [2.45, 2.75) is 81.7 Å². The minimum absolute atomic E-state index is 0.00876. The molecule has 0 spiro atoms. The largest absolute Gasteiger partial charge is 0.479 e. The fraction of sp³-hybridized carbons (Fsp3) is 0.347. The first-order valence-electron chi connectivity index (χ1n) is 22.7. The number of aliphatic carboxylic acids is 1. The summed E-state index contributed by atoms with van der Waals surface area (Å²) < 4.78 is 37.0. The molecule has 0 radical (unpaired) electrons. The number of carbonyl (C=O) groups is 5. The van der Waals surface area contributed by atoms with E-state index in [1.54, 1.807) is 33.7 Å². The number of fused-ring (bicyclic) bond motifs is 1. The van der Waals surface area contributed by atoms with Crippen molar-refractivity contribution in [1.29, 1.82) is 0 Å². The lowest BCUT2D eigenvalue weighted by molar-refractivity contribution is -0.139. The van der Waals surface area contributed by atoms with Crippen LogP contribution in [-0.4, -0.2) is 106 Å². The molecule has 3 amide bonds. The van der Waals surface area contributed by atoms with E-state index < -0.39 is 46.1 Å². The predicted molar refractivity (Wildman–Crippen MR) is 261 cm³/mol. The number of aromatic nitrogens is 2. The molecule has 3 aromatic carbocycles. The van der Waals surface area contributed by atoms with Gasteiger partial charge in [0.2, 0.25) is 21.8 Å². The minimum Gasteiger partial charge on any atom is -0.479 e. The lowest BCUT2D eigenvalue weighted by Crippen LogP contribution is -2.55. The van der Waals surface area contributed by atoms with Crippen LogP contribution in [0.15, 0.2) is 79.3 Å². The third-order valence-electron chi connectivity index (χ3n) is 13.7. The van der Waals surface area contributed by atoms with Crippen LogP contribution in [0.3, 0.4) is 0 Å². The Morgan fingerprint density at radius 1 is 0.986 bits per heavy atom. The summed E-state index contributed by atoms with van der Waals surface area (Å²) in [4.78, 5) is 70.1. The van der Waals surface area contributed by atoms with E-state index in [-0.39, 0.29) is 64.6 Å². The number of imide groups is 1. The number of aromatic carboxylic acids is 1. The molecule has 17 nitrogen and oxygen atoms in total. The second-order valence-corrected chi connectivity index (χ2v) is 22.0. The molecule has 0 bridgehead atoms. The van der Waals surface area contributed by atoms with Crippen LogP contribution in [0.5, 0.6) is 5.75 Å². The summed E-state index contributed by atoms with van der Waals surface area (Å²) in [6, 6.07) is 20.1. The lowest BCUT2D eigenvalue weighted by Gasteiger charge is -2.44. The molecule has 3 saturated heterocycles. The van der Waals surface area contributed by atoms with Crippen LogP contribution in [-0.2, 0) is 30.2 Å². The highest BCUT2D eigenvalue weighted by atomic mass is 35.5. The van der Waals surface area contributed by atoms with Gasteiger partial charge in [0.05, 0.1) is 33.8 Å². The molecule has 2 unspecified atom stereocenters. The van der Waals surface area contributed by atoms with Crippen molar-refractivity contribution in [3.8, 4) is 16.2 Å². The number of rotatable bonds is 13. The molecule has 69 heavy (non-hydrogen) atoms. The summed E-state index contributed by atoms with van der Waals surface area (Å²) in [6.07, 6.45) is 6.92. The molecule has 4 aliphatic heterocycles. The third kappa shape index (κ3) is 8.65. The highest BCUT2D eigenvalue weighted by Crippen LogP contribution is 2.47. The number of sulfonamides is 1. The molecule has 7 heterocycles. The monoisotopic (exact) mass is 993 g/mol. The number of benzene rings is 3. The van der Waals surface area contributed by atoms with Crippen molar-refractivity contribution in [3.63, 3.8) is 0 Å². The number of carbonyl (C=O) groups excluding carboxylic acids is 3. The maximum absolute atomic E-state index is 14.1. The van der Waals surface area contributed by atoms with Crippen molar-refractivity contribution in [2.75, 3.05) is 41.4 Å². The van der Waals surface area contributed by atoms with Gasteiger partial charge in [-0.3, -0.25) is 24.6 Å². The van der Waals surface area contributed by atoms with E-state index in [2.05, 4.69) is 32.7 Å². The van der Waals surface area contributed by atoms with Gasteiger partial charge < -0.3 is 29.6 Å². The summed E-state index contributed by atoms with van der Waals surface area (Å²) in [5.74, 6) is -3.77. The standard InChI is InChI=1S/C49H48ClN7O10S2/c1-49(2)22-30(52-29-6-3-5-28(19-29)44-42(50)43(67-24-40(59)60)45(68-44)48(63)64)15-18-56(49)69(65,66)25-31-20-32-21-33(23-55(32)26-51-31)54-16-13-27(14-17-54)34-9-10-37-41-35(34)7-4-8-36(41)47(62)57(37)38-11-12-39(58)53-46(38)61/h3-10,19-21,23,26-27,30,38,52H,11-18,22,24-25H2,1-2H3,(H,59,60)(H,63,64)(H,53,58,61). The molecule has 3 aromatic heterocycles. The van der Waals surface area contributed by atoms with E-state index in [9.17, 15) is 37.5 Å². The maximum atomic E-state index is 14.1. The van der Waals surface area contributed by atoms with E-state index in [1.807, 2.05) is 60.8 Å². The normalized spacial score (nSPS) is 19.9. The Morgan fingerprint density at radius 3 is 2.51 bits per heavy atom. The molecular weight excluding hydrogens is 946 g/mol. The Kier molecular flexibility index (Phi) is 11.9. The number of nitrogens with zero attached hydrogens (tertiary/aromatic N) is 5. The van der Waals surface area contributed by atoms with Crippen LogP contribution in [0.1, 0.15) is 89.6 Å². The molecule has 0 aliphatic carbocycles. The van der Waals surface area contributed by atoms with Crippen LogP contribution >= 0.6 is 22.9 Å². The van der Waals surface area contributed by atoms with Gasteiger partial charge in [0.15, 0.2) is 17.2 Å². The third-order valence-corrected chi connectivity index (χ3v) is 17.4. The molecule has 6 aromatic rings. The number of hydrogen-bond acceptors (Lipinski definition) is 12. The second kappa shape index (κ2) is 17.8. The highest BCUT2D eigenvalue weighted by Gasteiger charge is 2.43. The quantitative estimate of drug-likeness (QED) is 0.0832. The number of piperidine rings is 3.